The van der Waals surface area contributed by atoms with E-state index >= 15 is 0 Å². The van der Waals surface area contributed by atoms with E-state index in [0.29, 0.717) is 6.54 Å². The molecular weight excluding hydrogens is 240 g/mol. The number of aryl methyl sites for hydroxylation is 1. The van der Waals surface area contributed by atoms with Gasteiger partial charge in [0.15, 0.2) is 0 Å². The lowest BCUT2D eigenvalue weighted by atomic mass is 10.1. The minimum atomic E-state index is -0.173. The van der Waals surface area contributed by atoms with Crippen LogP contribution in [0.15, 0.2) is 10.2 Å². The van der Waals surface area contributed by atoms with Gasteiger partial charge < -0.3 is 10.4 Å². The zero-order valence-electron chi connectivity index (χ0n) is 9.73. The number of aliphatic hydroxyl groups excluding tert-OH is 1. The Morgan fingerprint density at radius 2 is 2.35 bits per heavy atom. The molecule has 1 aliphatic rings. The number of carbonyl (C=O) groups is 1. The summed E-state index contributed by atoms with van der Waals surface area (Å²) in [5, 5.41) is 13.6. The highest BCUT2D eigenvalue weighted by molar-refractivity contribution is 7.07. The third-order valence-electron chi connectivity index (χ3n) is 3.23. The molecule has 0 saturated heterocycles. The van der Waals surface area contributed by atoms with E-state index in [0.717, 1.165) is 29.9 Å². The van der Waals surface area contributed by atoms with Crippen molar-refractivity contribution in [2.24, 2.45) is 5.41 Å². The van der Waals surface area contributed by atoms with Gasteiger partial charge in [-0.05, 0) is 19.8 Å². The van der Waals surface area contributed by atoms with E-state index in [1.807, 2.05) is 0 Å². The lowest BCUT2D eigenvalue weighted by molar-refractivity contribution is -0.122. The van der Waals surface area contributed by atoms with Crippen LogP contribution in [0.3, 0.4) is 0 Å². The summed E-state index contributed by atoms with van der Waals surface area (Å²) in [4.78, 5) is 23.0. The maximum Gasteiger partial charge on any atom is 0.307 e. The fraction of sp³-hybridized carbons (Fsp3) is 0.636. The van der Waals surface area contributed by atoms with Crippen LogP contribution in [0.5, 0.6) is 0 Å². The van der Waals surface area contributed by atoms with Crippen molar-refractivity contribution in [1.82, 2.24) is 9.88 Å². The molecule has 6 heteroatoms. The van der Waals surface area contributed by atoms with Gasteiger partial charge in [0, 0.05) is 23.0 Å². The van der Waals surface area contributed by atoms with Crippen molar-refractivity contribution in [3.8, 4) is 0 Å². The topological polar surface area (TPSA) is 71.3 Å². The Labute approximate surface area is 103 Å². The van der Waals surface area contributed by atoms with Gasteiger partial charge in [0.2, 0.25) is 5.91 Å². The number of hydrogen-bond donors (Lipinski definition) is 2. The Morgan fingerprint density at radius 1 is 1.65 bits per heavy atom. The monoisotopic (exact) mass is 256 g/mol. The first kappa shape index (κ1) is 12.3. The number of aromatic nitrogens is 1. The maximum absolute atomic E-state index is 11.7. The molecule has 0 aliphatic heterocycles. The van der Waals surface area contributed by atoms with Crippen molar-refractivity contribution in [3.63, 3.8) is 0 Å². The minimum absolute atomic E-state index is 0.0652. The molecule has 0 bridgehead atoms. The van der Waals surface area contributed by atoms with Crippen LogP contribution in [0.1, 0.15) is 18.5 Å². The molecule has 94 valence electrons. The molecule has 1 heterocycles. The molecule has 0 radical (unpaired) electrons. The van der Waals surface area contributed by atoms with E-state index in [1.165, 1.54) is 4.57 Å². The Kier molecular flexibility index (Phi) is 3.35. The summed E-state index contributed by atoms with van der Waals surface area (Å²) in [6.45, 7) is 2.49. The first-order valence-corrected chi connectivity index (χ1v) is 6.47. The molecule has 17 heavy (non-hydrogen) atoms. The Balaban J connectivity index is 1.88. The molecule has 0 spiro atoms. The van der Waals surface area contributed by atoms with E-state index in [2.05, 4.69) is 5.32 Å². The smallest absolute Gasteiger partial charge is 0.307 e. The van der Waals surface area contributed by atoms with Gasteiger partial charge in [0.25, 0.3) is 0 Å². The fourth-order valence-electron chi connectivity index (χ4n) is 1.65. The zero-order chi connectivity index (χ0) is 12.5. The van der Waals surface area contributed by atoms with Crippen molar-refractivity contribution < 1.29 is 9.90 Å². The van der Waals surface area contributed by atoms with E-state index in [-0.39, 0.29) is 29.3 Å². The van der Waals surface area contributed by atoms with E-state index in [1.54, 1.807) is 12.3 Å². The number of hydrogen-bond acceptors (Lipinski definition) is 4. The second-order valence-electron chi connectivity index (χ2n) is 4.66. The number of amides is 1. The van der Waals surface area contributed by atoms with Gasteiger partial charge in [-0.1, -0.05) is 11.3 Å². The van der Waals surface area contributed by atoms with Crippen molar-refractivity contribution in [2.75, 3.05) is 13.2 Å². The van der Waals surface area contributed by atoms with Crippen LogP contribution in [0.2, 0.25) is 0 Å². The first-order valence-electron chi connectivity index (χ1n) is 5.59. The van der Waals surface area contributed by atoms with Crippen LogP contribution in [-0.2, 0) is 11.3 Å². The number of aliphatic hydroxyl groups is 1. The molecule has 0 aromatic carbocycles. The third-order valence-corrected chi connectivity index (χ3v) is 4.11. The number of carbonyl (C=O) groups excluding carboxylic acids is 1. The van der Waals surface area contributed by atoms with Gasteiger partial charge in [0.1, 0.15) is 6.54 Å². The number of thiazole rings is 1. The maximum atomic E-state index is 11.7. The fourth-order valence-corrected chi connectivity index (χ4v) is 2.38. The summed E-state index contributed by atoms with van der Waals surface area (Å²) in [5.41, 5.74) is 0.711. The summed E-state index contributed by atoms with van der Waals surface area (Å²) < 4.78 is 1.46. The normalized spacial score (nSPS) is 16.8. The average Bonchev–Trinajstić information content (AvgIpc) is 3.04. The average molecular weight is 256 g/mol. The summed E-state index contributed by atoms with van der Waals surface area (Å²) in [6, 6.07) is 0. The number of nitrogens with one attached hydrogen (secondary N) is 1. The van der Waals surface area contributed by atoms with Crippen LogP contribution < -0.4 is 10.2 Å². The number of rotatable bonds is 5. The van der Waals surface area contributed by atoms with Crippen molar-refractivity contribution in [1.29, 1.82) is 0 Å². The number of nitrogens with zero attached hydrogens (tertiary/aromatic N) is 1. The molecule has 1 aliphatic carbocycles. The summed E-state index contributed by atoms with van der Waals surface area (Å²) >= 11 is 1.10. The standard InChI is InChI=1S/C11H16N2O3S/c1-8-5-17-10(16)13(8)4-9(15)12-6-11(7-14)2-3-11/h5,14H,2-4,6-7H2,1H3,(H,12,15). The van der Waals surface area contributed by atoms with Gasteiger partial charge in [-0.3, -0.25) is 14.2 Å². The van der Waals surface area contributed by atoms with Gasteiger partial charge >= 0.3 is 4.87 Å². The largest absolute Gasteiger partial charge is 0.396 e. The third kappa shape index (κ3) is 2.76. The molecule has 0 unspecified atom stereocenters. The lowest BCUT2D eigenvalue weighted by Gasteiger charge is -2.13. The minimum Gasteiger partial charge on any atom is -0.396 e. The Bertz CT molecular complexity index is 473. The molecule has 2 rings (SSSR count). The highest BCUT2D eigenvalue weighted by Crippen LogP contribution is 2.44. The molecule has 2 N–H and O–H groups in total. The molecule has 5 nitrogen and oxygen atoms in total. The first-order chi connectivity index (χ1) is 8.06. The Hall–Kier alpha value is -1.14. The molecular formula is C11H16N2O3S. The molecule has 1 saturated carbocycles. The zero-order valence-corrected chi connectivity index (χ0v) is 10.5. The predicted molar refractivity (Wildman–Crippen MR) is 65.1 cm³/mol. The van der Waals surface area contributed by atoms with Crippen LogP contribution in [0.25, 0.3) is 0 Å². The predicted octanol–water partition coefficient (Wildman–Crippen LogP) is 0.107. The van der Waals surface area contributed by atoms with Crippen LogP contribution in [-0.4, -0.2) is 28.7 Å². The van der Waals surface area contributed by atoms with Gasteiger partial charge in [0.05, 0.1) is 6.61 Å². The quantitative estimate of drug-likeness (QED) is 0.785. The molecule has 1 aromatic rings. The van der Waals surface area contributed by atoms with Crippen molar-refractivity contribution >= 4 is 17.2 Å². The van der Waals surface area contributed by atoms with Crippen molar-refractivity contribution in [2.45, 2.75) is 26.3 Å². The van der Waals surface area contributed by atoms with E-state index < -0.39 is 0 Å². The van der Waals surface area contributed by atoms with Crippen LogP contribution >= 0.6 is 11.3 Å². The SMILES string of the molecule is Cc1csc(=O)n1CC(=O)NCC1(CO)CC1. The van der Waals surface area contributed by atoms with Crippen LogP contribution in [0, 0.1) is 12.3 Å². The second kappa shape index (κ2) is 4.62. The lowest BCUT2D eigenvalue weighted by Crippen LogP contribution is -2.35. The summed E-state index contributed by atoms with van der Waals surface area (Å²) in [7, 11) is 0. The summed E-state index contributed by atoms with van der Waals surface area (Å²) in [6.07, 6.45) is 1.92. The Morgan fingerprint density at radius 3 is 2.82 bits per heavy atom. The highest BCUT2D eigenvalue weighted by Gasteiger charge is 2.42. The van der Waals surface area contributed by atoms with Crippen molar-refractivity contribution in [3.05, 3.63) is 20.7 Å². The molecule has 0 atom stereocenters. The highest BCUT2D eigenvalue weighted by atomic mass is 32.1. The van der Waals surface area contributed by atoms with E-state index in [9.17, 15) is 9.59 Å². The molecule has 1 aromatic heterocycles. The molecule has 1 amide bonds. The summed E-state index contributed by atoms with van der Waals surface area (Å²) in [5.74, 6) is -0.173. The van der Waals surface area contributed by atoms with Gasteiger partial charge in [-0.15, -0.1) is 0 Å². The second-order valence-corrected chi connectivity index (χ2v) is 5.48. The van der Waals surface area contributed by atoms with E-state index in [4.69, 9.17) is 5.11 Å². The van der Waals surface area contributed by atoms with Gasteiger partial charge in [-0.2, -0.15) is 0 Å². The molecule has 1 fully saturated rings. The van der Waals surface area contributed by atoms with Crippen LogP contribution in [0.4, 0.5) is 0 Å². The van der Waals surface area contributed by atoms with Gasteiger partial charge in [-0.25, -0.2) is 0 Å².